The second-order valence-electron chi connectivity index (χ2n) is 4.05. The summed E-state index contributed by atoms with van der Waals surface area (Å²) in [7, 11) is 1.57. The number of unbranched alkanes of at least 4 members (excludes halogenated alkanes) is 2. The molecule has 0 bridgehead atoms. The van der Waals surface area contributed by atoms with E-state index in [2.05, 4.69) is 6.07 Å². The third-order valence-corrected chi connectivity index (χ3v) is 2.61. The Bertz CT molecular complexity index is 410. The molecule has 18 heavy (non-hydrogen) atoms. The van der Waals surface area contributed by atoms with Gasteiger partial charge in [-0.2, -0.15) is 5.26 Å². The van der Waals surface area contributed by atoms with Crippen molar-refractivity contribution in [3.8, 4) is 17.6 Å². The maximum absolute atomic E-state index is 9.48. The first-order chi connectivity index (χ1) is 8.69. The molecule has 4 nitrogen and oxygen atoms in total. The molecule has 0 saturated carbocycles. The van der Waals surface area contributed by atoms with Crippen molar-refractivity contribution in [3.63, 3.8) is 0 Å². The normalized spacial score (nSPS) is 11.7. The Labute approximate surface area is 108 Å². The molecule has 1 aromatic carbocycles. The third kappa shape index (κ3) is 4.27. The second-order valence-corrected chi connectivity index (χ2v) is 4.05. The minimum absolute atomic E-state index is 0.524. The van der Waals surface area contributed by atoms with Gasteiger partial charge in [0.25, 0.3) is 0 Å². The van der Waals surface area contributed by atoms with E-state index in [1.54, 1.807) is 26.2 Å². The lowest BCUT2D eigenvalue weighted by Crippen LogP contribution is -2.00. The zero-order chi connectivity index (χ0) is 13.4. The molecule has 1 unspecified atom stereocenters. The van der Waals surface area contributed by atoms with Crippen LogP contribution in [-0.2, 0) is 0 Å². The van der Waals surface area contributed by atoms with Crippen LogP contribution < -0.4 is 9.47 Å². The van der Waals surface area contributed by atoms with Gasteiger partial charge in [-0.15, -0.1) is 0 Å². The molecule has 0 aliphatic carbocycles. The molecule has 0 saturated heterocycles. The van der Waals surface area contributed by atoms with Crippen molar-refractivity contribution in [2.45, 2.75) is 32.3 Å². The van der Waals surface area contributed by atoms with Crippen molar-refractivity contribution >= 4 is 0 Å². The summed E-state index contributed by atoms with van der Waals surface area (Å²) in [6, 6.07) is 7.49. The highest BCUT2D eigenvalue weighted by Gasteiger charge is 2.08. The van der Waals surface area contributed by atoms with Gasteiger partial charge in [0, 0.05) is 6.42 Å². The van der Waals surface area contributed by atoms with Crippen molar-refractivity contribution in [1.82, 2.24) is 0 Å². The van der Waals surface area contributed by atoms with Crippen molar-refractivity contribution in [2.24, 2.45) is 0 Å². The average molecular weight is 249 g/mol. The maximum atomic E-state index is 9.48. The SMILES string of the molecule is COc1cc(C(C)O)ccc1OCCCCC#N. The highest BCUT2D eigenvalue weighted by atomic mass is 16.5. The van der Waals surface area contributed by atoms with Gasteiger partial charge in [0.1, 0.15) is 0 Å². The van der Waals surface area contributed by atoms with Gasteiger partial charge in [0.05, 0.1) is 25.9 Å². The lowest BCUT2D eigenvalue weighted by atomic mass is 10.1. The van der Waals surface area contributed by atoms with Crippen LogP contribution in [0.3, 0.4) is 0 Å². The fraction of sp³-hybridized carbons (Fsp3) is 0.500. The van der Waals surface area contributed by atoms with E-state index < -0.39 is 6.10 Å². The molecule has 0 heterocycles. The van der Waals surface area contributed by atoms with Gasteiger partial charge in [-0.1, -0.05) is 6.07 Å². The molecular formula is C14H19NO3. The zero-order valence-electron chi connectivity index (χ0n) is 10.8. The van der Waals surface area contributed by atoms with Crippen molar-refractivity contribution in [3.05, 3.63) is 23.8 Å². The van der Waals surface area contributed by atoms with Gasteiger partial charge in [-0.25, -0.2) is 0 Å². The molecule has 0 amide bonds. The Kier molecular flexibility index (Phi) is 6.03. The van der Waals surface area contributed by atoms with E-state index in [9.17, 15) is 5.11 Å². The van der Waals surface area contributed by atoms with E-state index >= 15 is 0 Å². The standard InChI is InChI=1S/C14H19NO3/c1-11(16)12-6-7-13(14(10-12)17-2)18-9-5-3-4-8-15/h6-7,10-11,16H,3-5,9H2,1-2H3. The van der Waals surface area contributed by atoms with Crippen LogP contribution in [0.2, 0.25) is 0 Å². The molecule has 0 aliphatic rings. The summed E-state index contributed by atoms with van der Waals surface area (Å²) in [6.07, 6.45) is 1.71. The lowest BCUT2D eigenvalue weighted by molar-refractivity contribution is 0.198. The predicted molar refractivity (Wildman–Crippen MR) is 68.6 cm³/mol. The van der Waals surface area contributed by atoms with Gasteiger partial charge in [0.2, 0.25) is 0 Å². The number of hydrogen-bond donors (Lipinski definition) is 1. The number of benzene rings is 1. The van der Waals surface area contributed by atoms with Gasteiger partial charge >= 0.3 is 0 Å². The average Bonchev–Trinajstić information content (AvgIpc) is 2.38. The Morgan fingerprint density at radius 3 is 2.72 bits per heavy atom. The van der Waals surface area contributed by atoms with Gasteiger partial charge in [0.15, 0.2) is 11.5 Å². The minimum atomic E-state index is -0.524. The fourth-order valence-corrected chi connectivity index (χ4v) is 1.55. The van der Waals surface area contributed by atoms with Crippen LogP contribution >= 0.6 is 0 Å². The largest absolute Gasteiger partial charge is 0.493 e. The molecule has 1 atom stereocenters. The number of methoxy groups -OCH3 is 1. The first kappa shape index (κ1) is 14.3. The molecule has 0 aliphatic heterocycles. The Balaban J connectivity index is 2.57. The number of nitriles is 1. The second kappa shape index (κ2) is 7.57. The molecule has 4 heteroatoms. The number of rotatable bonds is 7. The van der Waals surface area contributed by atoms with E-state index in [-0.39, 0.29) is 0 Å². The third-order valence-electron chi connectivity index (χ3n) is 2.61. The van der Waals surface area contributed by atoms with Gasteiger partial charge < -0.3 is 14.6 Å². The Hall–Kier alpha value is -1.73. The zero-order valence-corrected chi connectivity index (χ0v) is 10.8. The minimum Gasteiger partial charge on any atom is -0.493 e. The first-order valence-corrected chi connectivity index (χ1v) is 6.04. The molecule has 0 fully saturated rings. The van der Waals surface area contributed by atoms with Crippen molar-refractivity contribution < 1.29 is 14.6 Å². The van der Waals surface area contributed by atoms with Crippen molar-refractivity contribution in [2.75, 3.05) is 13.7 Å². The predicted octanol–water partition coefficient (Wildman–Crippen LogP) is 2.82. The van der Waals surface area contributed by atoms with Crippen LogP contribution in [0.4, 0.5) is 0 Å². The molecule has 1 aromatic rings. The van der Waals surface area contributed by atoms with E-state index in [0.29, 0.717) is 24.5 Å². The fourth-order valence-electron chi connectivity index (χ4n) is 1.55. The molecule has 0 aromatic heterocycles. The van der Waals surface area contributed by atoms with Gasteiger partial charge in [-0.3, -0.25) is 0 Å². The van der Waals surface area contributed by atoms with Crippen molar-refractivity contribution in [1.29, 1.82) is 5.26 Å². The summed E-state index contributed by atoms with van der Waals surface area (Å²) in [5.41, 5.74) is 0.795. The molecule has 98 valence electrons. The van der Waals surface area contributed by atoms with Crippen LogP contribution in [0.1, 0.15) is 37.9 Å². The number of aliphatic hydroxyl groups is 1. The smallest absolute Gasteiger partial charge is 0.161 e. The van der Waals surface area contributed by atoms with Crippen LogP contribution in [-0.4, -0.2) is 18.8 Å². The number of aliphatic hydroxyl groups excluding tert-OH is 1. The monoisotopic (exact) mass is 249 g/mol. The Morgan fingerprint density at radius 2 is 2.11 bits per heavy atom. The quantitative estimate of drug-likeness (QED) is 0.755. The molecule has 0 radical (unpaired) electrons. The maximum Gasteiger partial charge on any atom is 0.161 e. The molecule has 0 spiro atoms. The van der Waals surface area contributed by atoms with Crippen LogP contribution in [0.15, 0.2) is 18.2 Å². The first-order valence-electron chi connectivity index (χ1n) is 6.04. The highest BCUT2D eigenvalue weighted by molar-refractivity contribution is 5.43. The summed E-state index contributed by atoms with van der Waals surface area (Å²) >= 11 is 0. The van der Waals surface area contributed by atoms with Crippen LogP contribution in [0.25, 0.3) is 0 Å². The molecular weight excluding hydrogens is 230 g/mol. The summed E-state index contributed by atoms with van der Waals surface area (Å²) < 4.78 is 10.8. The van der Waals surface area contributed by atoms with E-state index in [4.69, 9.17) is 14.7 Å². The molecule has 1 N–H and O–H groups in total. The number of nitrogens with zero attached hydrogens (tertiary/aromatic N) is 1. The topological polar surface area (TPSA) is 62.5 Å². The number of ether oxygens (including phenoxy) is 2. The summed E-state index contributed by atoms with van der Waals surface area (Å²) in [4.78, 5) is 0. The van der Waals surface area contributed by atoms with Gasteiger partial charge in [-0.05, 0) is 37.5 Å². The Morgan fingerprint density at radius 1 is 1.33 bits per heavy atom. The lowest BCUT2D eigenvalue weighted by Gasteiger charge is -2.13. The van der Waals surface area contributed by atoms with Crippen LogP contribution in [0, 0.1) is 11.3 Å². The van der Waals surface area contributed by atoms with E-state index in [1.165, 1.54) is 0 Å². The summed E-state index contributed by atoms with van der Waals surface area (Å²) in [5.74, 6) is 1.28. The van der Waals surface area contributed by atoms with E-state index in [1.807, 2.05) is 6.07 Å². The van der Waals surface area contributed by atoms with Crippen LogP contribution in [0.5, 0.6) is 11.5 Å². The number of hydrogen-bond acceptors (Lipinski definition) is 4. The highest BCUT2D eigenvalue weighted by Crippen LogP contribution is 2.30. The van der Waals surface area contributed by atoms with E-state index in [0.717, 1.165) is 18.4 Å². The summed E-state index contributed by atoms with van der Waals surface area (Å²) in [5, 5.41) is 17.9. The molecule has 1 rings (SSSR count). The summed E-state index contributed by atoms with van der Waals surface area (Å²) in [6.45, 7) is 2.27.